The molecule has 4 nitrogen and oxygen atoms in total. The number of carbonyl (C=O) groups is 1. The molecule has 1 rings (SSSR count). The van der Waals surface area contributed by atoms with Crippen molar-refractivity contribution in [2.75, 3.05) is 7.05 Å². The van der Waals surface area contributed by atoms with Gasteiger partial charge in [0.2, 0.25) is 5.91 Å². The molecule has 5 heteroatoms. The lowest BCUT2D eigenvalue weighted by Gasteiger charge is -2.12. The van der Waals surface area contributed by atoms with Gasteiger partial charge in [-0.15, -0.1) is 0 Å². The molecule has 17 heavy (non-hydrogen) atoms. The zero-order valence-corrected chi connectivity index (χ0v) is 9.75. The molecule has 0 heterocycles. The molecule has 0 bridgehead atoms. The zero-order valence-electron chi connectivity index (χ0n) is 9.75. The molecule has 0 saturated heterocycles. The van der Waals surface area contributed by atoms with Crippen molar-refractivity contribution < 1.29 is 9.18 Å². The molecule has 1 aromatic rings. The summed E-state index contributed by atoms with van der Waals surface area (Å²) in [5, 5.41) is 14.0. The summed E-state index contributed by atoms with van der Waals surface area (Å²) in [7, 11) is 1.54. The minimum Gasteiger partial charge on any atom is -0.358 e. The Bertz CT molecular complexity index is 454. The predicted octanol–water partition coefficient (Wildman–Crippen LogP) is 0.921. The van der Waals surface area contributed by atoms with Gasteiger partial charge in [-0.2, -0.15) is 5.26 Å². The average Bonchev–Trinajstić information content (AvgIpc) is 2.35. The summed E-state index contributed by atoms with van der Waals surface area (Å²) < 4.78 is 13.5. The second-order valence-electron chi connectivity index (χ2n) is 3.63. The molecule has 0 saturated carbocycles. The highest BCUT2D eigenvalue weighted by Crippen LogP contribution is 2.09. The number of nitrogens with zero attached hydrogens (tertiary/aromatic N) is 1. The van der Waals surface area contributed by atoms with E-state index in [0.717, 1.165) is 0 Å². The number of hydrogen-bond donors (Lipinski definition) is 2. The summed E-state index contributed by atoms with van der Waals surface area (Å²) in [4.78, 5) is 11.2. The number of halogens is 1. The molecular formula is C12H14FN3O. The monoisotopic (exact) mass is 235 g/mol. The van der Waals surface area contributed by atoms with Crippen molar-refractivity contribution in [3.63, 3.8) is 0 Å². The third-order valence-corrected chi connectivity index (χ3v) is 2.42. The van der Waals surface area contributed by atoms with E-state index in [0.29, 0.717) is 5.56 Å². The molecular weight excluding hydrogens is 221 g/mol. The minimum atomic E-state index is -0.444. The second-order valence-corrected chi connectivity index (χ2v) is 3.63. The molecule has 2 N–H and O–H groups in total. The Balaban J connectivity index is 2.64. The Morgan fingerprint density at radius 2 is 2.29 bits per heavy atom. The van der Waals surface area contributed by atoms with E-state index in [1.54, 1.807) is 20.0 Å². The van der Waals surface area contributed by atoms with Crippen LogP contribution in [0.2, 0.25) is 0 Å². The van der Waals surface area contributed by atoms with Crippen LogP contribution in [0, 0.1) is 17.1 Å². The van der Waals surface area contributed by atoms with Gasteiger partial charge < -0.3 is 10.6 Å². The predicted molar refractivity (Wildman–Crippen MR) is 61.5 cm³/mol. The third-order valence-electron chi connectivity index (χ3n) is 2.42. The van der Waals surface area contributed by atoms with E-state index in [-0.39, 0.29) is 18.0 Å². The Labute approximate surface area is 99.4 Å². The number of hydrogen-bond acceptors (Lipinski definition) is 3. The number of likely N-dealkylation sites (N-methyl/N-ethyl adjacent to an activating group) is 1. The molecule has 1 atom stereocenters. The zero-order chi connectivity index (χ0) is 12.8. The lowest BCUT2D eigenvalue weighted by Crippen LogP contribution is -2.40. The highest BCUT2D eigenvalue weighted by Gasteiger charge is 2.11. The molecule has 0 aliphatic heterocycles. The van der Waals surface area contributed by atoms with Crippen LogP contribution >= 0.6 is 0 Å². The van der Waals surface area contributed by atoms with Gasteiger partial charge in [0.1, 0.15) is 5.82 Å². The smallest absolute Gasteiger partial charge is 0.236 e. The van der Waals surface area contributed by atoms with E-state index in [1.807, 2.05) is 6.07 Å². The fourth-order valence-corrected chi connectivity index (χ4v) is 1.33. The molecule has 0 radical (unpaired) electrons. The summed E-state index contributed by atoms with van der Waals surface area (Å²) >= 11 is 0. The molecule has 0 fully saturated rings. The van der Waals surface area contributed by atoms with Crippen LogP contribution in [-0.2, 0) is 11.3 Å². The van der Waals surface area contributed by atoms with Crippen molar-refractivity contribution in [2.45, 2.75) is 19.5 Å². The molecule has 1 unspecified atom stereocenters. The highest BCUT2D eigenvalue weighted by atomic mass is 19.1. The van der Waals surface area contributed by atoms with Gasteiger partial charge in [0.25, 0.3) is 0 Å². The van der Waals surface area contributed by atoms with Crippen LogP contribution in [0.15, 0.2) is 18.2 Å². The van der Waals surface area contributed by atoms with Crippen molar-refractivity contribution in [3.8, 4) is 6.07 Å². The first-order valence-corrected chi connectivity index (χ1v) is 5.22. The molecule has 1 aromatic carbocycles. The number of nitriles is 1. The number of amides is 1. The van der Waals surface area contributed by atoms with Crippen molar-refractivity contribution in [2.24, 2.45) is 0 Å². The van der Waals surface area contributed by atoms with Gasteiger partial charge in [-0.25, -0.2) is 4.39 Å². The van der Waals surface area contributed by atoms with Crippen LogP contribution in [0.5, 0.6) is 0 Å². The first-order chi connectivity index (χ1) is 8.08. The Morgan fingerprint density at radius 1 is 1.59 bits per heavy atom. The summed E-state index contributed by atoms with van der Waals surface area (Å²) in [6.45, 7) is 1.94. The van der Waals surface area contributed by atoms with Crippen LogP contribution in [0.4, 0.5) is 4.39 Å². The normalized spacial score (nSPS) is 11.6. The fourth-order valence-electron chi connectivity index (χ4n) is 1.33. The Kier molecular flexibility index (Phi) is 4.61. The van der Waals surface area contributed by atoms with Gasteiger partial charge in [0.15, 0.2) is 0 Å². The summed E-state index contributed by atoms with van der Waals surface area (Å²) in [5.74, 6) is -0.597. The number of benzene rings is 1. The minimum absolute atomic E-state index is 0.154. The largest absolute Gasteiger partial charge is 0.358 e. The Morgan fingerprint density at radius 3 is 2.82 bits per heavy atom. The lowest BCUT2D eigenvalue weighted by atomic mass is 10.1. The van der Waals surface area contributed by atoms with Gasteiger partial charge in [-0.3, -0.25) is 4.79 Å². The van der Waals surface area contributed by atoms with Crippen molar-refractivity contribution >= 4 is 5.91 Å². The lowest BCUT2D eigenvalue weighted by molar-refractivity contribution is -0.122. The van der Waals surface area contributed by atoms with Gasteiger partial charge >= 0.3 is 0 Å². The van der Waals surface area contributed by atoms with Crippen LogP contribution in [0.1, 0.15) is 18.1 Å². The molecule has 0 spiro atoms. The Hall–Kier alpha value is -1.93. The maximum absolute atomic E-state index is 13.5. The van der Waals surface area contributed by atoms with Crippen LogP contribution in [0.25, 0.3) is 0 Å². The standard InChI is InChI=1S/C12H14FN3O/c1-8(12(17)15-2)16-7-10-4-3-9(6-14)5-11(10)13/h3-5,8,16H,7H2,1-2H3,(H,15,17). The third kappa shape index (κ3) is 3.54. The maximum Gasteiger partial charge on any atom is 0.236 e. The van der Waals surface area contributed by atoms with E-state index in [2.05, 4.69) is 10.6 Å². The first kappa shape index (κ1) is 13.1. The topological polar surface area (TPSA) is 64.9 Å². The van der Waals surface area contributed by atoms with Crippen molar-refractivity contribution in [1.29, 1.82) is 5.26 Å². The van der Waals surface area contributed by atoms with Gasteiger partial charge in [-0.1, -0.05) is 6.07 Å². The van der Waals surface area contributed by atoms with Crippen LogP contribution < -0.4 is 10.6 Å². The van der Waals surface area contributed by atoms with Crippen molar-refractivity contribution in [3.05, 3.63) is 35.1 Å². The van der Waals surface area contributed by atoms with E-state index < -0.39 is 11.9 Å². The van der Waals surface area contributed by atoms with Crippen molar-refractivity contribution in [1.82, 2.24) is 10.6 Å². The summed E-state index contributed by atoms with van der Waals surface area (Å²) in [5.41, 5.74) is 0.713. The van der Waals surface area contributed by atoms with E-state index >= 15 is 0 Å². The summed E-state index contributed by atoms with van der Waals surface area (Å²) in [6.07, 6.45) is 0. The second kappa shape index (κ2) is 5.97. The number of rotatable bonds is 4. The molecule has 0 aromatic heterocycles. The number of nitrogens with one attached hydrogen (secondary N) is 2. The maximum atomic E-state index is 13.5. The molecule has 0 aliphatic rings. The quantitative estimate of drug-likeness (QED) is 0.815. The van der Waals surface area contributed by atoms with Gasteiger partial charge in [0.05, 0.1) is 17.7 Å². The van der Waals surface area contributed by atoms with E-state index in [4.69, 9.17) is 5.26 Å². The van der Waals surface area contributed by atoms with E-state index in [1.165, 1.54) is 12.1 Å². The van der Waals surface area contributed by atoms with Gasteiger partial charge in [-0.05, 0) is 19.1 Å². The van der Waals surface area contributed by atoms with Gasteiger partial charge in [0, 0.05) is 19.2 Å². The fraction of sp³-hybridized carbons (Fsp3) is 0.333. The molecule has 0 aliphatic carbocycles. The molecule has 1 amide bonds. The SMILES string of the molecule is CNC(=O)C(C)NCc1ccc(C#N)cc1F. The first-order valence-electron chi connectivity index (χ1n) is 5.22. The van der Waals surface area contributed by atoms with Crippen LogP contribution in [-0.4, -0.2) is 19.0 Å². The molecule has 90 valence electrons. The van der Waals surface area contributed by atoms with Crippen LogP contribution in [0.3, 0.4) is 0 Å². The van der Waals surface area contributed by atoms with E-state index in [9.17, 15) is 9.18 Å². The highest BCUT2D eigenvalue weighted by molar-refractivity contribution is 5.80. The average molecular weight is 235 g/mol. The summed E-state index contributed by atoms with van der Waals surface area (Å²) in [6, 6.07) is 5.74. The number of carbonyl (C=O) groups excluding carboxylic acids is 1.